The van der Waals surface area contributed by atoms with Crippen molar-refractivity contribution >= 4 is 0 Å². The van der Waals surface area contributed by atoms with Crippen LogP contribution < -0.4 is 37.9 Å². The van der Waals surface area contributed by atoms with Gasteiger partial charge in [-0.2, -0.15) is 0 Å². The number of fused-ring (bicyclic) bond motifs is 4. The highest BCUT2D eigenvalue weighted by molar-refractivity contribution is 5.54. The predicted octanol–water partition coefficient (Wildman–Crippen LogP) is 3.53. The van der Waals surface area contributed by atoms with E-state index in [0.29, 0.717) is 51.6 Å². The molecule has 0 aliphatic carbocycles. The SMILES string of the molecule is COC[C@H]1Oc2cc([C@H]3OC[C@]4(O)[C@@H](Oc5ccc6c(c5)OCO6)OC[C@H]34)c(OC)cc2O[C@@H]1c1ccc2c(c1)OCO2. The molecule has 1 N–H and O–H groups in total. The van der Waals surface area contributed by atoms with Gasteiger partial charge in [0.1, 0.15) is 11.5 Å². The summed E-state index contributed by atoms with van der Waals surface area (Å²) < 4.78 is 64.3. The van der Waals surface area contributed by atoms with Gasteiger partial charge in [0.2, 0.25) is 19.9 Å². The Labute approximate surface area is 246 Å². The fraction of sp³-hybridized carbons (Fsp3) is 0.419. The molecule has 3 aromatic rings. The van der Waals surface area contributed by atoms with Gasteiger partial charge in [0.15, 0.2) is 52.3 Å². The molecule has 43 heavy (non-hydrogen) atoms. The van der Waals surface area contributed by atoms with Gasteiger partial charge >= 0.3 is 0 Å². The van der Waals surface area contributed by atoms with Gasteiger partial charge in [-0.25, -0.2) is 0 Å². The van der Waals surface area contributed by atoms with E-state index in [1.54, 1.807) is 38.5 Å². The summed E-state index contributed by atoms with van der Waals surface area (Å²) in [6.07, 6.45) is -2.41. The van der Waals surface area contributed by atoms with Crippen LogP contribution in [0.25, 0.3) is 0 Å². The number of aliphatic hydroxyl groups is 1. The first kappa shape index (κ1) is 26.5. The van der Waals surface area contributed by atoms with E-state index >= 15 is 0 Å². The summed E-state index contributed by atoms with van der Waals surface area (Å²) in [5.74, 6) is 4.18. The minimum Gasteiger partial charge on any atom is -0.496 e. The maximum atomic E-state index is 11.8. The first-order valence-corrected chi connectivity index (χ1v) is 14.0. The zero-order valence-corrected chi connectivity index (χ0v) is 23.5. The molecule has 0 bridgehead atoms. The van der Waals surface area contributed by atoms with Gasteiger partial charge in [-0.1, -0.05) is 6.07 Å². The van der Waals surface area contributed by atoms with E-state index in [2.05, 4.69) is 0 Å². The normalized spacial score (nSPS) is 29.4. The van der Waals surface area contributed by atoms with Crippen molar-refractivity contribution in [3.8, 4) is 46.0 Å². The van der Waals surface area contributed by atoms with E-state index in [1.165, 1.54) is 0 Å². The van der Waals surface area contributed by atoms with Crippen LogP contribution in [0.15, 0.2) is 48.5 Å². The lowest BCUT2D eigenvalue weighted by molar-refractivity contribution is -0.152. The Bertz CT molecular complexity index is 1540. The Morgan fingerprint density at radius 3 is 2.33 bits per heavy atom. The molecule has 12 heteroatoms. The number of rotatable bonds is 7. The third-order valence-electron chi connectivity index (χ3n) is 8.45. The monoisotopic (exact) mass is 594 g/mol. The summed E-state index contributed by atoms with van der Waals surface area (Å²) in [4.78, 5) is 0. The quantitative estimate of drug-likeness (QED) is 0.431. The third kappa shape index (κ3) is 4.36. The highest BCUT2D eigenvalue weighted by atomic mass is 16.7. The van der Waals surface area contributed by atoms with Crippen LogP contribution in [0, 0.1) is 5.92 Å². The molecule has 6 atom stereocenters. The number of hydrogen-bond donors (Lipinski definition) is 1. The van der Waals surface area contributed by atoms with E-state index in [9.17, 15) is 5.11 Å². The molecule has 8 rings (SSSR count). The zero-order chi connectivity index (χ0) is 29.1. The van der Waals surface area contributed by atoms with Crippen LogP contribution in [0.3, 0.4) is 0 Å². The second kappa shape index (κ2) is 10.3. The molecule has 2 fully saturated rings. The van der Waals surface area contributed by atoms with Gasteiger partial charge in [-0.15, -0.1) is 0 Å². The summed E-state index contributed by atoms with van der Waals surface area (Å²) in [5.41, 5.74) is 0.166. The smallest absolute Gasteiger partial charge is 0.231 e. The van der Waals surface area contributed by atoms with E-state index in [0.717, 1.165) is 5.56 Å². The van der Waals surface area contributed by atoms with Gasteiger partial charge in [0.05, 0.1) is 39.0 Å². The lowest BCUT2D eigenvalue weighted by Crippen LogP contribution is -2.46. The van der Waals surface area contributed by atoms with Crippen molar-refractivity contribution < 1.29 is 57.2 Å². The van der Waals surface area contributed by atoms with Crippen molar-refractivity contribution in [2.75, 3.05) is 47.6 Å². The van der Waals surface area contributed by atoms with Crippen LogP contribution in [0.2, 0.25) is 0 Å². The zero-order valence-electron chi connectivity index (χ0n) is 23.5. The molecule has 12 nitrogen and oxygen atoms in total. The first-order valence-electron chi connectivity index (χ1n) is 14.0. The van der Waals surface area contributed by atoms with Crippen molar-refractivity contribution in [1.29, 1.82) is 0 Å². The van der Waals surface area contributed by atoms with Gasteiger partial charge < -0.3 is 57.2 Å². The Morgan fingerprint density at radius 2 is 1.53 bits per heavy atom. The fourth-order valence-corrected chi connectivity index (χ4v) is 6.27. The molecule has 5 aliphatic rings. The second-order valence-electron chi connectivity index (χ2n) is 10.9. The maximum Gasteiger partial charge on any atom is 0.231 e. The van der Waals surface area contributed by atoms with Crippen molar-refractivity contribution in [2.45, 2.75) is 30.2 Å². The second-order valence-corrected chi connectivity index (χ2v) is 10.9. The van der Waals surface area contributed by atoms with Crippen molar-refractivity contribution in [2.24, 2.45) is 5.92 Å². The Kier molecular flexibility index (Phi) is 6.33. The molecule has 0 radical (unpaired) electrons. The van der Waals surface area contributed by atoms with Crippen molar-refractivity contribution in [3.05, 3.63) is 59.7 Å². The van der Waals surface area contributed by atoms with E-state index in [-0.39, 0.29) is 33.4 Å². The average Bonchev–Trinajstić information content (AvgIpc) is 3.81. The number of ether oxygens (including phenoxy) is 11. The van der Waals surface area contributed by atoms with Gasteiger partial charge in [-0.05, 0) is 30.3 Å². The number of benzene rings is 3. The molecule has 3 aromatic carbocycles. The van der Waals surface area contributed by atoms with Crippen molar-refractivity contribution in [3.63, 3.8) is 0 Å². The minimum atomic E-state index is -1.40. The summed E-state index contributed by atoms with van der Waals surface area (Å²) in [6.45, 7) is 0.846. The van der Waals surface area contributed by atoms with Crippen LogP contribution in [-0.4, -0.2) is 70.7 Å². The van der Waals surface area contributed by atoms with Gasteiger partial charge in [-0.3, -0.25) is 0 Å². The Morgan fingerprint density at radius 1 is 0.791 bits per heavy atom. The molecular weight excluding hydrogens is 564 g/mol. The summed E-state index contributed by atoms with van der Waals surface area (Å²) in [7, 11) is 3.19. The molecule has 5 aliphatic heterocycles. The molecule has 5 heterocycles. The van der Waals surface area contributed by atoms with Crippen LogP contribution >= 0.6 is 0 Å². The molecule has 0 saturated carbocycles. The lowest BCUT2D eigenvalue weighted by Gasteiger charge is -2.35. The highest BCUT2D eigenvalue weighted by Gasteiger charge is 2.61. The number of hydrogen-bond acceptors (Lipinski definition) is 12. The third-order valence-corrected chi connectivity index (χ3v) is 8.45. The van der Waals surface area contributed by atoms with Crippen molar-refractivity contribution in [1.82, 2.24) is 0 Å². The van der Waals surface area contributed by atoms with Crippen LogP contribution in [0.1, 0.15) is 23.3 Å². The standard InChI is InChI=1S/C31H30O12/c1-33-12-27-28(16-3-5-20-23(7-16)39-14-37-20)43-26-10-22(34-2)18(9-25(26)42-27)29-19-11-35-30(31(19,32)13-36-29)41-17-4-6-21-24(8-17)40-15-38-21/h3-10,19,27-30,32H,11-15H2,1-2H3/t19-,27-,28-,29-,30-,31-/m1/s1. The maximum absolute atomic E-state index is 11.8. The lowest BCUT2D eigenvalue weighted by atomic mass is 9.85. The topological polar surface area (TPSA) is 122 Å². The molecule has 226 valence electrons. The molecule has 0 unspecified atom stereocenters. The molecule has 0 aromatic heterocycles. The molecule has 2 saturated heterocycles. The Hall–Kier alpha value is -4.10. The Balaban J connectivity index is 1.06. The largest absolute Gasteiger partial charge is 0.496 e. The summed E-state index contributed by atoms with van der Waals surface area (Å²) in [5, 5.41) is 11.8. The highest BCUT2D eigenvalue weighted by Crippen LogP contribution is 2.53. The minimum absolute atomic E-state index is 0.00758. The molecule has 0 spiro atoms. The molecule has 0 amide bonds. The van der Waals surface area contributed by atoms with Gasteiger partial charge in [0.25, 0.3) is 0 Å². The van der Waals surface area contributed by atoms with E-state index < -0.39 is 36.1 Å². The van der Waals surface area contributed by atoms with Crippen LogP contribution in [0.4, 0.5) is 0 Å². The molecular formula is C31H30O12. The summed E-state index contributed by atoms with van der Waals surface area (Å²) in [6, 6.07) is 14.5. The van der Waals surface area contributed by atoms with Gasteiger partial charge in [0, 0.05) is 30.4 Å². The van der Waals surface area contributed by atoms with Crippen LogP contribution in [-0.2, 0) is 14.2 Å². The van der Waals surface area contributed by atoms with E-state index in [4.69, 9.17) is 52.1 Å². The fourth-order valence-electron chi connectivity index (χ4n) is 6.27. The number of methoxy groups -OCH3 is 2. The van der Waals surface area contributed by atoms with E-state index in [1.807, 2.05) is 24.3 Å². The predicted molar refractivity (Wildman–Crippen MR) is 145 cm³/mol. The summed E-state index contributed by atoms with van der Waals surface area (Å²) >= 11 is 0. The average molecular weight is 595 g/mol. The first-order chi connectivity index (χ1) is 21.0. The van der Waals surface area contributed by atoms with Crippen LogP contribution in [0.5, 0.6) is 46.0 Å².